The molecule has 0 N–H and O–H groups in total. The first kappa shape index (κ1) is 32.3. The molecule has 2 heterocycles. The Balaban J connectivity index is 1.38. The van der Waals surface area contributed by atoms with E-state index in [1.54, 1.807) is 24.0 Å². The van der Waals surface area contributed by atoms with E-state index in [2.05, 4.69) is 0 Å². The second-order valence-electron chi connectivity index (χ2n) is 13.7. The van der Waals surface area contributed by atoms with E-state index in [0.29, 0.717) is 62.2 Å². The smallest absolute Gasteiger partial charge is 0.315 e. The van der Waals surface area contributed by atoms with Gasteiger partial charge in [-0.2, -0.15) is 0 Å². The molecule has 6 rings (SSSR count). The molecule has 5 atom stereocenters. The molecule has 2 aliphatic heterocycles. The minimum atomic E-state index is -1.10. The Labute approximate surface area is 274 Å². The highest BCUT2D eigenvalue weighted by Crippen LogP contribution is 2.54. The van der Waals surface area contributed by atoms with Crippen LogP contribution in [-0.2, 0) is 39.9 Å². The topological polar surface area (TPSA) is 120 Å². The number of benzene rings is 1. The number of likely N-dealkylation sites (tertiary alicyclic amines) is 1. The fraction of sp³-hybridized carbons (Fsp3) is 0.571. The number of allylic oxidation sites excluding steroid dienone is 4. The van der Waals surface area contributed by atoms with Crippen molar-refractivity contribution in [2.75, 3.05) is 33.9 Å². The third kappa shape index (κ3) is 5.73. The Bertz CT molecular complexity index is 1520. The third-order valence-corrected chi connectivity index (χ3v) is 11.2. The van der Waals surface area contributed by atoms with Crippen LogP contribution in [0.3, 0.4) is 0 Å². The average Bonchev–Trinajstić information content (AvgIpc) is 3.75. The normalized spacial score (nSPS) is 29.3. The molecule has 1 saturated heterocycles. The van der Waals surface area contributed by atoms with Gasteiger partial charge in [-0.25, -0.2) is 0 Å². The largest absolute Gasteiger partial charge is 0.469 e. The fourth-order valence-corrected chi connectivity index (χ4v) is 8.12. The number of hydrogen-bond donors (Lipinski definition) is 0. The minimum absolute atomic E-state index is 0.00400. The van der Waals surface area contributed by atoms with Crippen LogP contribution in [0, 0.1) is 28.6 Å². The molecule has 3 aliphatic carbocycles. The number of esters is 3. The summed E-state index contributed by atoms with van der Waals surface area (Å²) in [5.74, 6) is -3.49. The molecule has 2 fully saturated rings. The Morgan fingerprint density at radius 3 is 2.35 bits per heavy atom. The molecular formula is C35H41ClN2O8. The van der Waals surface area contributed by atoms with Crippen molar-refractivity contribution in [2.45, 2.75) is 64.3 Å². The zero-order valence-electron chi connectivity index (χ0n) is 26.6. The van der Waals surface area contributed by atoms with E-state index in [4.69, 9.17) is 25.8 Å². The number of ether oxygens (including phenoxy) is 3. The Morgan fingerprint density at radius 1 is 0.957 bits per heavy atom. The van der Waals surface area contributed by atoms with Gasteiger partial charge in [0.05, 0.1) is 43.4 Å². The number of amides is 2. The van der Waals surface area contributed by atoms with Gasteiger partial charge in [-0.1, -0.05) is 35.9 Å². The number of carbonyl (C=O) groups is 5. The fourth-order valence-electron chi connectivity index (χ4n) is 7.86. The molecule has 1 saturated carbocycles. The van der Waals surface area contributed by atoms with E-state index < -0.39 is 47.1 Å². The van der Waals surface area contributed by atoms with E-state index >= 15 is 0 Å². The maximum absolute atomic E-state index is 14.4. The van der Waals surface area contributed by atoms with E-state index in [0.717, 1.165) is 18.4 Å². The Morgan fingerprint density at radius 2 is 1.67 bits per heavy atom. The number of halogens is 1. The van der Waals surface area contributed by atoms with Crippen LogP contribution in [-0.4, -0.2) is 73.4 Å². The zero-order valence-corrected chi connectivity index (χ0v) is 27.3. The molecular weight excluding hydrogens is 612 g/mol. The zero-order chi connectivity index (χ0) is 32.8. The van der Waals surface area contributed by atoms with Gasteiger partial charge in [-0.05, 0) is 75.0 Å². The summed E-state index contributed by atoms with van der Waals surface area (Å²) >= 11 is 6.77. The van der Waals surface area contributed by atoms with Crippen LogP contribution in [0.25, 0.3) is 0 Å². The summed E-state index contributed by atoms with van der Waals surface area (Å²) in [4.78, 5) is 70.7. The summed E-state index contributed by atoms with van der Waals surface area (Å²) in [5.41, 5.74) is 0.231. The monoisotopic (exact) mass is 652 g/mol. The highest BCUT2D eigenvalue weighted by Gasteiger charge is 2.53. The summed E-state index contributed by atoms with van der Waals surface area (Å²) < 4.78 is 16.3. The van der Waals surface area contributed by atoms with Crippen LogP contribution in [0.5, 0.6) is 5.75 Å². The maximum Gasteiger partial charge on any atom is 0.315 e. The molecule has 0 radical (unpaired) electrons. The maximum atomic E-state index is 14.4. The van der Waals surface area contributed by atoms with Crippen LogP contribution in [0.15, 0.2) is 36.4 Å². The lowest BCUT2D eigenvalue weighted by Crippen LogP contribution is -2.50. The molecule has 246 valence electrons. The van der Waals surface area contributed by atoms with Gasteiger partial charge in [0, 0.05) is 36.6 Å². The lowest BCUT2D eigenvalue weighted by molar-refractivity contribution is -0.163. The van der Waals surface area contributed by atoms with Gasteiger partial charge in [0.2, 0.25) is 11.8 Å². The summed E-state index contributed by atoms with van der Waals surface area (Å²) in [6.45, 7) is 2.85. The third-order valence-electron chi connectivity index (χ3n) is 10.9. The van der Waals surface area contributed by atoms with Gasteiger partial charge in [-0.3, -0.25) is 24.0 Å². The van der Waals surface area contributed by atoms with E-state index in [1.807, 2.05) is 29.2 Å². The van der Waals surface area contributed by atoms with Gasteiger partial charge in [0.25, 0.3) is 0 Å². The average molecular weight is 653 g/mol. The highest BCUT2D eigenvalue weighted by molar-refractivity contribution is 6.31. The van der Waals surface area contributed by atoms with Crippen LogP contribution in [0.4, 0.5) is 0 Å². The van der Waals surface area contributed by atoms with Gasteiger partial charge in [0.15, 0.2) is 0 Å². The van der Waals surface area contributed by atoms with E-state index in [9.17, 15) is 24.0 Å². The standard InChI is InChI=1S/C35H41ClN2O8/c1-34(33(43)45-3)14-7-6-10-24(34)32(42)46-27-12-11-25(36)23-13-17-38(30(40)21-8-4-5-9-22(21)31(41)44-2)26(29(23)27)19-37-20-35(15-16-35)18-28(37)39/h4-7,11-12,21-22,24,26H,8-10,13-20H2,1-3H3/t21-,22+,24?,26-,34?/m1/s1. The van der Waals surface area contributed by atoms with Crippen molar-refractivity contribution in [1.29, 1.82) is 0 Å². The first-order valence-corrected chi connectivity index (χ1v) is 16.5. The van der Waals surface area contributed by atoms with Crippen LogP contribution in [0.2, 0.25) is 5.02 Å². The van der Waals surface area contributed by atoms with Crippen molar-refractivity contribution in [2.24, 2.45) is 28.6 Å². The van der Waals surface area contributed by atoms with Crippen LogP contribution in [0.1, 0.15) is 69.0 Å². The summed E-state index contributed by atoms with van der Waals surface area (Å²) in [6, 6.07) is 2.64. The van der Waals surface area contributed by atoms with Crippen molar-refractivity contribution < 1.29 is 38.2 Å². The second-order valence-corrected chi connectivity index (χ2v) is 14.1. The van der Waals surface area contributed by atoms with Gasteiger partial charge < -0.3 is 24.0 Å². The molecule has 11 heteroatoms. The number of hydrogen-bond acceptors (Lipinski definition) is 8. The van der Waals surface area contributed by atoms with Crippen molar-refractivity contribution in [1.82, 2.24) is 9.80 Å². The first-order chi connectivity index (χ1) is 22.0. The molecule has 1 aromatic carbocycles. The number of nitrogens with zero attached hydrogens (tertiary/aromatic N) is 2. The van der Waals surface area contributed by atoms with E-state index in [1.165, 1.54) is 14.2 Å². The lowest BCUT2D eigenvalue weighted by Gasteiger charge is -2.42. The molecule has 1 aromatic rings. The predicted molar refractivity (Wildman–Crippen MR) is 167 cm³/mol. The van der Waals surface area contributed by atoms with Crippen LogP contribution >= 0.6 is 11.6 Å². The number of carbonyl (C=O) groups excluding carboxylic acids is 5. The predicted octanol–water partition coefficient (Wildman–Crippen LogP) is 4.58. The number of fused-ring (bicyclic) bond motifs is 1. The first-order valence-electron chi connectivity index (χ1n) is 16.1. The van der Waals surface area contributed by atoms with E-state index in [-0.39, 0.29) is 29.5 Å². The molecule has 1 spiro atoms. The molecule has 46 heavy (non-hydrogen) atoms. The van der Waals surface area contributed by atoms with Crippen molar-refractivity contribution in [3.8, 4) is 5.75 Å². The lowest BCUT2D eigenvalue weighted by atomic mass is 9.70. The Kier molecular flexibility index (Phi) is 8.78. The second kappa shape index (κ2) is 12.5. The van der Waals surface area contributed by atoms with Crippen molar-refractivity contribution in [3.63, 3.8) is 0 Å². The quantitative estimate of drug-likeness (QED) is 0.239. The molecule has 2 unspecified atom stereocenters. The molecule has 2 amide bonds. The highest BCUT2D eigenvalue weighted by atomic mass is 35.5. The molecule has 10 nitrogen and oxygen atoms in total. The number of rotatable bonds is 7. The van der Waals surface area contributed by atoms with Crippen molar-refractivity contribution >= 4 is 41.3 Å². The molecule has 0 aromatic heterocycles. The number of methoxy groups -OCH3 is 2. The van der Waals surface area contributed by atoms with Crippen LogP contribution < -0.4 is 4.74 Å². The van der Waals surface area contributed by atoms with Gasteiger partial charge in [-0.15, -0.1) is 0 Å². The van der Waals surface area contributed by atoms with Crippen molar-refractivity contribution in [3.05, 3.63) is 52.6 Å². The summed E-state index contributed by atoms with van der Waals surface area (Å²) in [6.07, 6.45) is 11.8. The molecule has 5 aliphatic rings. The van der Waals surface area contributed by atoms with Gasteiger partial charge in [0.1, 0.15) is 5.75 Å². The summed E-state index contributed by atoms with van der Waals surface area (Å²) in [7, 11) is 2.63. The molecule has 0 bridgehead atoms. The minimum Gasteiger partial charge on any atom is -0.469 e. The van der Waals surface area contributed by atoms with Gasteiger partial charge >= 0.3 is 17.9 Å². The summed E-state index contributed by atoms with van der Waals surface area (Å²) in [5, 5.41) is 0.478. The SMILES string of the molecule is COC(=O)[C@H]1CC=CC[C@H]1C(=O)N1CCc2c(Cl)ccc(OC(=O)C3CC=CCC3(C)C(=O)OC)c2[C@H]1CN1CC2(CC2)CC1=O. The Hall–Kier alpha value is -3.66.